The Kier molecular flexibility index (Phi) is 4.72. The zero-order chi connectivity index (χ0) is 19.5. The Balaban J connectivity index is 1.71. The fourth-order valence-electron chi connectivity index (χ4n) is 3.06. The highest BCUT2D eigenvalue weighted by Gasteiger charge is 2.15. The quantitative estimate of drug-likeness (QED) is 0.517. The molecule has 4 rings (SSSR count). The molecule has 1 amide bonds. The van der Waals surface area contributed by atoms with Gasteiger partial charge in [0.05, 0.1) is 5.52 Å². The summed E-state index contributed by atoms with van der Waals surface area (Å²) in [7, 11) is 0. The number of anilines is 3. The molecule has 0 aliphatic carbocycles. The van der Waals surface area contributed by atoms with Gasteiger partial charge in [0.1, 0.15) is 5.82 Å². The second-order valence-corrected chi connectivity index (χ2v) is 6.68. The van der Waals surface area contributed by atoms with Crippen molar-refractivity contribution in [3.8, 4) is 0 Å². The molecule has 1 aromatic heterocycles. The van der Waals surface area contributed by atoms with Crippen molar-refractivity contribution in [1.29, 1.82) is 0 Å². The molecule has 138 valence electrons. The number of rotatable bonds is 4. The van der Waals surface area contributed by atoms with Crippen LogP contribution in [-0.4, -0.2) is 15.9 Å². The summed E-state index contributed by atoms with van der Waals surface area (Å²) in [5.41, 5.74) is 4.50. The molecule has 0 aliphatic heterocycles. The van der Waals surface area contributed by atoms with Crippen molar-refractivity contribution in [2.75, 3.05) is 10.6 Å². The number of carbonyl (C=O) groups excluding carboxylic acids is 1. The van der Waals surface area contributed by atoms with Crippen LogP contribution in [0.3, 0.4) is 0 Å². The van der Waals surface area contributed by atoms with Gasteiger partial charge in [-0.05, 0) is 49.7 Å². The third-order valence-electron chi connectivity index (χ3n) is 4.47. The van der Waals surface area contributed by atoms with Crippen LogP contribution in [0.5, 0.6) is 0 Å². The molecule has 0 aliphatic rings. The number of hydrogen-bond donors (Lipinski definition) is 2. The van der Waals surface area contributed by atoms with Gasteiger partial charge in [0.25, 0.3) is 5.91 Å². The molecule has 0 spiro atoms. The van der Waals surface area contributed by atoms with Gasteiger partial charge in [-0.3, -0.25) is 4.79 Å². The first-order valence-electron chi connectivity index (χ1n) is 9.07. The van der Waals surface area contributed by atoms with Crippen LogP contribution in [0.4, 0.5) is 17.2 Å². The monoisotopic (exact) mass is 368 g/mol. The molecule has 5 nitrogen and oxygen atoms in total. The van der Waals surface area contributed by atoms with E-state index in [0.717, 1.165) is 27.9 Å². The van der Waals surface area contributed by atoms with E-state index in [2.05, 4.69) is 20.6 Å². The van der Waals surface area contributed by atoms with Crippen LogP contribution < -0.4 is 10.6 Å². The highest BCUT2D eigenvalue weighted by Crippen LogP contribution is 2.24. The standard InChI is InChI=1S/C23H20N4O/c1-15-12-13-19(16(2)14-15)26-23(28)22-25-20-11-7-6-10-18(20)21(27-22)24-17-8-4-3-5-9-17/h3-14H,1-2H3,(H,26,28)(H,24,25,27). The number of nitrogens with one attached hydrogen (secondary N) is 2. The van der Waals surface area contributed by atoms with Gasteiger partial charge in [-0.25, -0.2) is 9.97 Å². The highest BCUT2D eigenvalue weighted by molar-refractivity contribution is 6.04. The second kappa shape index (κ2) is 7.48. The van der Waals surface area contributed by atoms with E-state index in [4.69, 9.17) is 0 Å². The summed E-state index contributed by atoms with van der Waals surface area (Å²) < 4.78 is 0. The molecule has 3 aromatic carbocycles. The number of aryl methyl sites for hydroxylation is 2. The van der Waals surface area contributed by atoms with Crippen molar-refractivity contribution in [1.82, 2.24) is 9.97 Å². The average molecular weight is 368 g/mol. The minimum atomic E-state index is -0.339. The third kappa shape index (κ3) is 3.69. The van der Waals surface area contributed by atoms with Crippen molar-refractivity contribution in [3.05, 3.63) is 89.7 Å². The average Bonchev–Trinajstić information content (AvgIpc) is 2.71. The summed E-state index contributed by atoms with van der Waals surface area (Å²) in [6.07, 6.45) is 0. The van der Waals surface area contributed by atoms with Crippen molar-refractivity contribution >= 4 is 34.0 Å². The molecule has 0 bridgehead atoms. The van der Waals surface area contributed by atoms with Crippen LogP contribution in [0.2, 0.25) is 0 Å². The third-order valence-corrected chi connectivity index (χ3v) is 4.47. The number of fused-ring (bicyclic) bond motifs is 1. The molecular weight excluding hydrogens is 348 g/mol. The normalized spacial score (nSPS) is 10.6. The lowest BCUT2D eigenvalue weighted by atomic mass is 10.1. The SMILES string of the molecule is Cc1ccc(NC(=O)c2nc(Nc3ccccc3)c3ccccc3n2)c(C)c1. The number of benzene rings is 3. The van der Waals surface area contributed by atoms with Crippen molar-refractivity contribution in [2.24, 2.45) is 0 Å². The van der Waals surface area contributed by atoms with Crippen LogP contribution in [0, 0.1) is 13.8 Å². The number of nitrogens with zero attached hydrogens (tertiary/aromatic N) is 2. The summed E-state index contributed by atoms with van der Waals surface area (Å²) in [6.45, 7) is 3.98. The number of amides is 1. The van der Waals surface area contributed by atoms with Gasteiger partial charge in [-0.15, -0.1) is 0 Å². The predicted molar refractivity (Wildman–Crippen MR) is 113 cm³/mol. The Morgan fingerprint density at radius 3 is 2.39 bits per heavy atom. The molecule has 1 heterocycles. The Hall–Kier alpha value is -3.73. The Morgan fingerprint density at radius 2 is 1.61 bits per heavy atom. The van der Waals surface area contributed by atoms with E-state index >= 15 is 0 Å². The van der Waals surface area contributed by atoms with E-state index in [0.29, 0.717) is 11.3 Å². The minimum Gasteiger partial charge on any atom is -0.340 e. The van der Waals surface area contributed by atoms with Crippen molar-refractivity contribution < 1.29 is 4.79 Å². The molecule has 0 saturated heterocycles. The fraction of sp³-hybridized carbons (Fsp3) is 0.0870. The zero-order valence-electron chi connectivity index (χ0n) is 15.7. The molecule has 4 aromatic rings. The zero-order valence-corrected chi connectivity index (χ0v) is 15.7. The lowest BCUT2D eigenvalue weighted by Gasteiger charge is -2.12. The van der Waals surface area contributed by atoms with Gasteiger partial charge in [-0.2, -0.15) is 0 Å². The van der Waals surface area contributed by atoms with E-state index in [1.807, 2.05) is 86.6 Å². The maximum absolute atomic E-state index is 12.8. The summed E-state index contributed by atoms with van der Waals surface area (Å²) in [5.74, 6) is 0.383. The minimum absolute atomic E-state index is 0.122. The molecule has 0 radical (unpaired) electrons. The van der Waals surface area contributed by atoms with Gasteiger partial charge in [0.15, 0.2) is 0 Å². The maximum atomic E-state index is 12.8. The molecule has 5 heteroatoms. The molecule has 0 fully saturated rings. The first kappa shape index (κ1) is 17.7. The molecule has 0 atom stereocenters. The van der Waals surface area contributed by atoms with E-state index < -0.39 is 0 Å². The van der Waals surface area contributed by atoms with E-state index in [-0.39, 0.29) is 11.7 Å². The van der Waals surface area contributed by atoms with Crippen molar-refractivity contribution in [3.63, 3.8) is 0 Å². The number of carbonyl (C=O) groups is 1. The molecular formula is C23H20N4O. The Bertz CT molecular complexity index is 1160. The lowest BCUT2D eigenvalue weighted by molar-refractivity contribution is 0.101. The smallest absolute Gasteiger partial charge is 0.293 e. The fourth-order valence-corrected chi connectivity index (χ4v) is 3.06. The largest absolute Gasteiger partial charge is 0.340 e. The van der Waals surface area contributed by atoms with E-state index in [1.165, 1.54) is 0 Å². The van der Waals surface area contributed by atoms with E-state index in [1.54, 1.807) is 0 Å². The number of aromatic nitrogens is 2. The van der Waals surface area contributed by atoms with E-state index in [9.17, 15) is 4.79 Å². The van der Waals surface area contributed by atoms with Crippen LogP contribution in [-0.2, 0) is 0 Å². The van der Waals surface area contributed by atoms with Crippen LogP contribution >= 0.6 is 0 Å². The highest BCUT2D eigenvalue weighted by atomic mass is 16.2. The number of para-hydroxylation sites is 2. The summed E-state index contributed by atoms with van der Waals surface area (Å²) in [5, 5.41) is 7.07. The maximum Gasteiger partial charge on any atom is 0.293 e. The Labute approximate surface area is 163 Å². The molecule has 28 heavy (non-hydrogen) atoms. The summed E-state index contributed by atoms with van der Waals surface area (Å²) in [4.78, 5) is 21.8. The van der Waals surface area contributed by atoms with Gasteiger partial charge in [0, 0.05) is 16.8 Å². The molecule has 0 unspecified atom stereocenters. The topological polar surface area (TPSA) is 66.9 Å². The van der Waals surface area contributed by atoms with Crippen LogP contribution in [0.15, 0.2) is 72.8 Å². The lowest BCUT2D eigenvalue weighted by Crippen LogP contribution is -2.17. The van der Waals surface area contributed by atoms with Gasteiger partial charge >= 0.3 is 0 Å². The predicted octanol–water partition coefficient (Wildman–Crippen LogP) is 5.24. The first-order chi connectivity index (χ1) is 13.6. The first-order valence-corrected chi connectivity index (χ1v) is 9.07. The van der Waals surface area contributed by atoms with Gasteiger partial charge in [-0.1, -0.05) is 48.0 Å². The van der Waals surface area contributed by atoms with Crippen LogP contribution in [0.25, 0.3) is 10.9 Å². The van der Waals surface area contributed by atoms with Gasteiger partial charge < -0.3 is 10.6 Å². The van der Waals surface area contributed by atoms with Crippen LogP contribution in [0.1, 0.15) is 21.7 Å². The summed E-state index contributed by atoms with van der Waals surface area (Å²) in [6, 6.07) is 23.3. The second-order valence-electron chi connectivity index (χ2n) is 6.68. The van der Waals surface area contributed by atoms with Crippen molar-refractivity contribution in [2.45, 2.75) is 13.8 Å². The number of hydrogen-bond acceptors (Lipinski definition) is 4. The summed E-state index contributed by atoms with van der Waals surface area (Å²) >= 11 is 0. The molecule has 2 N–H and O–H groups in total. The van der Waals surface area contributed by atoms with Gasteiger partial charge in [0.2, 0.25) is 5.82 Å². The molecule has 0 saturated carbocycles. The Morgan fingerprint density at radius 1 is 0.857 bits per heavy atom.